The van der Waals surface area contributed by atoms with Gasteiger partial charge in [-0.1, -0.05) is 64.1 Å². The molecule has 0 aliphatic heterocycles. The summed E-state index contributed by atoms with van der Waals surface area (Å²) in [5, 5.41) is 0. The van der Waals surface area contributed by atoms with Gasteiger partial charge in [-0.25, -0.2) is 0 Å². The molecule has 0 saturated carbocycles. The average Bonchev–Trinajstić information content (AvgIpc) is 2.66. The molecule has 30 heavy (non-hydrogen) atoms. The molecule has 2 N–H and O–H groups in total. The molecule has 1 unspecified atom stereocenters. The van der Waals surface area contributed by atoms with E-state index in [1.165, 1.54) is 11.1 Å². The van der Waals surface area contributed by atoms with Gasteiger partial charge in [-0.05, 0) is 61.2 Å². The van der Waals surface area contributed by atoms with Gasteiger partial charge in [0.2, 0.25) is 8.32 Å². The van der Waals surface area contributed by atoms with E-state index in [1.807, 2.05) is 0 Å². The first-order valence-electron chi connectivity index (χ1n) is 11.1. The van der Waals surface area contributed by atoms with Crippen LogP contribution in [0.5, 0.6) is 5.75 Å². The molecule has 0 fully saturated rings. The second-order valence-electron chi connectivity index (χ2n) is 10.1. The molecule has 2 aromatic carbocycles. The number of nitrogens with two attached hydrogens (primary N) is 1. The molecule has 0 aromatic heterocycles. The van der Waals surface area contributed by atoms with Crippen LogP contribution in [0.2, 0.25) is 19.6 Å². The molecule has 0 aliphatic rings. The summed E-state index contributed by atoms with van der Waals surface area (Å²) in [5.74, 6) is 1.88. The fourth-order valence-electron chi connectivity index (χ4n) is 4.13. The predicted octanol–water partition coefficient (Wildman–Crippen LogP) is 6.58. The van der Waals surface area contributed by atoms with E-state index >= 15 is 0 Å². The lowest BCUT2D eigenvalue weighted by Crippen LogP contribution is -2.51. The summed E-state index contributed by atoms with van der Waals surface area (Å²) in [6.07, 6.45) is 0.866. The van der Waals surface area contributed by atoms with Crippen LogP contribution >= 0.6 is 0 Å². The molecule has 0 radical (unpaired) electrons. The number of ether oxygens (including phenoxy) is 1. The van der Waals surface area contributed by atoms with E-state index in [2.05, 4.69) is 95.9 Å². The van der Waals surface area contributed by atoms with Gasteiger partial charge < -0.3 is 14.9 Å². The third kappa shape index (κ3) is 6.19. The molecule has 2 rings (SSSR count). The maximum Gasteiger partial charge on any atom is 0.242 e. The third-order valence-corrected chi connectivity index (χ3v) is 6.92. The van der Waals surface area contributed by atoms with Gasteiger partial charge in [0, 0.05) is 24.1 Å². The van der Waals surface area contributed by atoms with Crippen molar-refractivity contribution in [3.05, 3.63) is 65.2 Å². The number of benzene rings is 2. The van der Waals surface area contributed by atoms with E-state index in [0.717, 1.165) is 17.7 Å². The summed E-state index contributed by atoms with van der Waals surface area (Å²) >= 11 is 0. The van der Waals surface area contributed by atoms with Crippen molar-refractivity contribution in [2.75, 3.05) is 7.11 Å². The molecule has 2 aromatic rings. The topological polar surface area (TPSA) is 44.5 Å². The smallest absolute Gasteiger partial charge is 0.242 e. The molecule has 1 atom stereocenters. The zero-order chi connectivity index (χ0) is 22.5. The van der Waals surface area contributed by atoms with Crippen molar-refractivity contribution < 1.29 is 9.16 Å². The summed E-state index contributed by atoms with van der Waals surface area (Å²) in [7, 11) is -0.0376. The molecular formula is C26H41NO2Si. The largest absolute Gasteiger partial charge is 0.544 e. The number of methoxy groups -OCH3 is 1. The standard InChI is InChI=1S/C26H41NO2Si/c1-19(2)26(27,20(3)4)17-24(22-12-10-9-11-13-22)23-16-21(18-28-5)14-15-25(23)29-30(6,7)8/h9-16,19-20,24H,17-18,27H2,1-8H3. The zero-order valence-electron chi connectivity index (χ0n) is 20.2. The number of rotatable bonds is 10. The van der Waals surface area contributed by atoms with Gasteiger partial charge in [0.1, 0.15) is 5.75 Å². The van der Waals surface area contributed by atoms with Crippen molar-refractivity contribution in [3.63, 3.8) is 0 Å². The normalized spacial score (nSPS) is 13.7. The van der Waals surface area contributed by atoms with Crippen molar-refractivity contribution in [3.8, 4) is 5.75 Å². The second kappa shape index (κ2) is 10.1. The maximum absolute atomic E-state index is 7.08. The van der Waals surface area contributed by atoms with Crippen LogP contribution in [0.4, 0.5) is 0 Å². The summed E-state index contributed by atoms with van der Waals surface area (Å²) < 4.78 is 12.0. The van der Waals surface area contributed by atoms with Gasteiger partial charge >= 0.3 is 0 Å². The van der Waals surface area contributed by atoms with Crippen molar-refractivity contribution in [1.29, 1.82) is 0 Å². The van der Waals surface area contributed by atoms with Gasteiger partial charge in [-0.15, -0.1) is 0 Å². The summed E-state index contributed by atoms with van der Waals surface area (Å²) in [6, 6.07) is 17.2. The van der Waals surface area contributed by atoms with E-state index in [4.69, 9.17) is 14.9 Å². The molecule has 0 bridgehead atoms. The van der Waals surface area contributed by atoms with E-state index in [-0.39, 0.29) is 11.5 Å². The minimum Gasteiger partial charge on any atom is -0.544 e. The van der Waals surface area contributed by atoms with Crippen LogP contribution in [0.25, 0.3) is 0 Å². The second-order valence-corrected chi connectivity index (χ2v) is 14.5. The molecular weight excluding hydrogens is 386 g/mol. The van der Waals surface area contributed by atoms with E-state index in [1.54, 1.807) is 7.11 Å². The lowest BCUT2D eigenvalue weighted by Gasteiger charge is -2.41. The van der Waals surface area contributed by atoms with Crippen LogP contribution in [-0.2, 0) is 11.3 Å². The lowest BCUT2D eigenvalue weighted by molar-refractivity contribution is 0.184. The zero-order valence-corrected chi connectivity index (χ0v) is 21.2. The molecule has 0 aliphatic carbocycles. The van der Waals surface area contributed by atoms with Gasteiger partial charge in [-0.2, -0.15) is 0 Å². The Morgan fingerprint density at radius 3 is 2.03 bits per heavy atom. The van der Waals surface area contributed by atoms with Crippen LogP contribution in [0.3, 0.4) is 0 Å². The maximum atomic E-state index is 7.08. The van der Waals surface area contributed by atoms with Gasteiger partial charge in [0.05, 0.1) is 6.61 Å². The first-order valence-corrected chi connectivity index (χ1v) is 14.5. The van der Waals surface area contributed by atoms with Crippen LogP contribution in [0.15, 0.2) is 48.5 Å². The molecule has 0 saturated heterocycles. The van der Waals surface area contributed by atoms with Crippen molar-refractivity contribution in [1.82, 2.24) is 0 Å². The number of hydrogen-bond donors (Lipinski definition) is 1. The summed E-state index contributed by atoms with van der Waals surface area (Å²) in [6.45, 7) is 16.2. The monoisotopic (exact) mass is 427 g/mol. The highest BCUT2D eigenvalue weighted by molar-refractivity contribution is 6.70. The average molecular weight is 428 g/mol. The van der Waals surface area contributed by atoms with E-state index < -0.39 is 8.32 Å². The summed E-state index contributed by atoms with van der Waals surface area (Å²) in [4.78, 5) is 0. The Hall–Kier alpha value is -1.62. The predicted molar refractivity (Wildman–Crippen MR) is 131 cm³/mol. The highest BCUT2D eigenvalue weighted by Gasteiger charge is 2.37. The Kier molecular flexibility index (Phi) is 8.32. The molecule has 166 valence electrons. The summed E-state index contributed by atoms with van der Waals surface area (Å²) in [5.41, 5.74) is 10.5. The minimum atomic E-state index is -1.78. The van der Waals surface area contributed by atoms with Crippen LogP contribution in [0.1, 0.15) is 56.7 Å². The van der Waals surface area contributed by atoms with Gasteiger partial charge in [0.15, 0.2) is 0 Å². The molecule has 0 amide bonds. The van der Waals surface area contributed by atoms with Gasteiger partial charge in [-0.3, -0.25) is 0 Å². The van der Waals surface area contributed by atoms with Gasteiger partial charge in [0.25, 0.3) is 0 Å². The van der Waals surface area contributed by atoms with Crippen LogP contribution in [-0.4, -0.2) is 21.0 Å². The van der Waals surface area contributed by atoms with Crippen LogP contribution in [0, 0.1) is 11.8 Å². The van der Waals surface area contributed by atoms with Crippen molar-refractivity contribution in [2.45, 2.75) is 71.8 Å². The lowest BCUT2D eigenvalue weighted by atomic mass is 9.69. The van der Waals surface area contributed by atoms with Crippen molar-refractivity contribution in [2.24, 2.45) is 17.6 Å². The SMILES string of the molecule is COCc1ccc(O[Si](C)(C)C)c(C(CC(N)(C(C)C)C(C)C)c2ccccc2)c1. The first kappa shape index (κ1) is 24.6. The molecule has 0 heterocycles. The Labute approximate surface area is 185 Å². The minimum absolute atomic E-state index is 0.157. The van der Waals surface area contributed by atoms with Crippen molar-refractivity contribution >= 4 is 8.32 Å². The highest BCUT2D eigenvalue weighted by Crippen LogP contribution is 2.42. The Bertz CT molecular complexity index is 788. The Morgan fingerprint density at radius 2 is 1.53 bits per heavy atom. The van der Waals surface area contributed by atoms with Crippen LogP contribution < -0.4 is 10.2 Å². The third-order valence-electron chi connectivity index (χ3n) is 6.09. The molecule has 0 spiro atoms. The Morgan fingerprint density at radius 1 is 0.933 bits per heavy atom. The number of hydrogen-bond acceptors (Lipinski definition) is 3. The first-order chi connectivity index (χ1) is 14.0. The fraction of sp³-hybridized carbons (Fsp3) is 0.538. The fourth-order valence-corrected chi connectivity index (χ4v) is 4.98. The highest BCUT2D eigenvalue weighted by atomic mass is 28.4. The quantitative estimate of drug-likeness (QED) is 0.436. The Balaban J connectivity index is 2.66. The molecule has 4 heteroatoms. The van der Waals surface area contributed by atoms with E-state index in [9.17, 15) is 0 Å². The van der Waals surface area contributed by atoms with E-state index in [0.29, 0.717) is 18.4 Å². The molecule has 3 nitrogen and oxygen atoms in total.